The number of nitro groups is 1. The Morgan fingerprint density at radius 2 is 2.09 bits per heavy atom. The van der Waals surface area contributed by atoms with Gasteiger partial charge in [-0.1, -0.05) is 11.3 Å². The second-order valence-corrected chi connectivity index (χ2v) is 8.45. The smallest absolute Gasteiger partial charge is 0.293 e. The molecule has 0 spiro atoms. The Hall–Kier alpha value is -3.50. The van der Waals surface area contributed by atoms with Crippen LogP contribution in [0.5, 0.6) is 5.75 Å². The van der Waals surface area contributed by atoms with Gasteiger partial charge in [0.25, 0.3) is 5.69 Å². The minimum Gasteiger partial charge on any atom is -0.497 e. The number of nitrogens with zero attached hydrogens (tertiary/aromatic N) is 4. The summed E-state index contributed by atoms with van der Waals surface area (Å²) < 4.78 is 12.5. The second-order valence-electron chi connectivity index (χ2n) is 7.49. The molecule has 10 heteroatoms. The van der Waals surface area contributed by atoms with E-state index >= 15 is 0 Å². The van der Waals surface area contributed by atoms with E-state index in [-0.39, 0.29) is 16.7 Å². The first-order valence-corrected chi connectivity index (χ1v) is 11.1. The summed E-state index contributed by atoms with van der Waals surface area (Å²) in [5, 5.41) is 20.1. The highest BCUT2D eigenvalue weighted by atomic mass is 32.1. The van der Waals surface area contributed by atoms with Crippen molar-refractivity contribution in [1.82, 2.24) is 14.6 Å². The minimum atomic E-state index is -0.373. The molecule has 1 N–H and O–H groups in total. The molecule has 1 aliphatic rings. The highest BCUT2D eigenvalue weighted by Gasteiger charge is 2.20. The van der Waals surface area contributed by atoms with E-state index in [1.807, 2.05) is 36.5 Å². The van der Waals surface area contributed by atoms with Crippen LogP contribution in [0.4, 0.5) is 11.4 Å². The predicted molar refractivity (Wildman–Crippen MR) is 122 cm³/mol. The number of methoxy groups -OCH3 is 1. The Morgan fingerprint density at radius 1 is 1.28 bits per heavy atom. The Bertz CT molecular complexity index is 1230. The molecule has 0 bridgehead atoms. The summed E-state index contributed by atoms with van der Waals surface area (Å²) in [6, 6.07) is 12.8. The predicted octanol–water partition coefficient (Wildman–Crippen LogP) is 4.63. The quantitative estimate of drug-likeness (QED) is 0.323. The number of ether oxygens (including phenoxy) is 2. The van der Waals surface area contributed by atoms with E-state index in [9.17, 15) is 10.1 Å². The molecule has 3 heterocycles. The van der Waals surface area contributed by atoms with Gasteiger partial charge in [-0.2, -0.15) is 5.10 Å². The monoisotopic (exact) mass is 451 g/mol. The number of nitro benzene ring substituents is 1. The fraction of sp³-hybridized carbons (Fsp3) is 0.273. The maximum absolute atomic E-state index is 11.7. The first kappa shape index (κ1) is 20.4. The van der Waals surface area contributed by atoms with Crippen LogP contribution in [0.2, 0.25) is 0 Å². The lowest BCUT2D eigenvalue weighted by molar-refractivity contribution is -0.383. The van der Waals surface area contributed by atoms with Crippen LogP contribution >= 0.6 is 11.3 Å². The zero-order valence-corrected chi connectivity index (χ0v) is 18.2. The lowest BCUT2D eigenvalue weighted by Crippen LogP contribution is -2.18. The molecule has 1 unspecified atom stereocenters. The molecule has 2 aromatic heterocycles. The van der Waals surface area contributed by atoms with E-state index in [4.69, 9.17) is 9.47 Å². The first-order chi connectivity index (χ1) is 15.6. The van der Waals surface area contributed by atoms with Gasteiger partial charge in [-0.25, -0.2) is 9.50 Å². The molecule has 32 heavy (non-hydrogen) atoms. The molecule has 9 nitrogen and oxygen atoms in total. The van der Waals surface area contributed by atoms with Crippen LogP contribution in [0.1, 0.15) is 12.8 Å². The van der Waals surface area contributed by atoms with E-state index in [2.05, 4.69) is 15.4 Å². The zero-order valence-electron chi connectivity index (χ0n) is 17.4. The summed E-state index contributed by atoms with van der Waals surface area (Å²) in [5.41, 5.74) is 2.95. The Balaban J connectivity index is 1.39. The summed E-state index contributed by atoms with van der Waals surface area (Å²) in [7, 11) is 1.63. The molecule has 0 radical (unpaired) electrons. The molecule has 0 saturated carbocycles. The van der Waals surface area contributed by atoms with Crippen LogP contribution < -0.4 is 10.1 Å². The van der Waals surface area contributed by atoms with Gasteiger partial charge in [0, 0.05) is 30.3 Å². The molecule has 1 fully saturated rings. The van der Waals surface area contributed by atoms with Crippen molar-refractivity contribution >= 4 is 27.7 Å². The fourth-order valence-electron chi connectivity index (χ4n) is 3.71. The van der Waals surface area contributed by atoms with E-state index in [0.29, 0.717) is 27.8 Å². The molecular formula is C22H21N5O4S. The maximum atomic E-state index is 11.7. The lowest BCUT2D eigenvalue weighted by atomic mass is 10.1. The zero-order chi connectivity index (χ0) is 22.1. The number of benzene rings is 2. The highest BCUT2D eigenvalue weighted by molar-refractivity contribution is 7.19. The van der Waals surface area contributed by atoms with Crippen molar-refractivity contribution in [3.63, 3.8) is 0 Å². The summed E-state index contributed by atoms with van der Waals surface area (Å²) in [4.78, 5) is 16.7. The summed E-state index contributed by atoms with van der Waals surface area (Å²) in [5.74, 6) is 0.783. The number of hydrogen-bond donors (Lipinski definition) is 1. The van der Waals surface area contributed by atoms with Crippen LogP contribution in [-0.4, -0.2) is 45.9 Å². The van der Waals surface area contributed by atoms with Crippen molar-refractivity contribution in [2.24, 2.45) is 0 Å². The van der Waals surface area contributed by atoms with Crippen molar-refractivity contribution in [3.05, 3.63) is 58.8 Å². The Kier molecular flexibility index (Phi) is 5.46. The van der Waals surface area contributed by atoms with Gasteiger partial charge in [-0.3, -0.25) is 10.1 Å². The van der Waals surface area contributed by atoms with E-state index in [1.165, 1.54) is 11.3 Å². The van der Waals surface area contributed by atoms with Crippen molar-refractivity contribution < 1.29 is 14.4 Å². The molecule has 0 aliphatic carbocycles. The molecule has 164 valence electrons. The molecular weight excluding hydrogens is 430 g/mol. The number of imidazole rings is 1. The van der Waals surface area contributed by atoms with E-state index in [0.717, 1.165) is 36.5 Å². The second kappa shape index (κ2) is 8.56. The Morgan fingerprint density at radius 3 is 2.78 bits per heavy atom. The number of aromatic nitrogens is 3. The topological polar surface area (TPSA) is 104 Å². The van der Waals surface area contributed by atoms with Gasteiger partial charge in [-0.15, -0.1) is 0 Å². The van der Waals surface area contributed by atoms with Crippen LogP contribution in [0.3, 0.4) is 0 Å². The van der Waals surface area contributed by atoms with Gasteiger partial charge in [0.05, 0.1) is 30.0 Å². The average molecular weight is 452 g/mol. The Labute approximate surface area is 187 Å². The lowest BCUT2D eigenvalue weighted by Gasteiger charge is -2.12. The van der Waals surface area contributed by atoms with Crippen LogP contribution in [0, 0.1) is 10.1 Å². The molecule has 1 atom stereocenters. The first-order valence-electron chi connectivity index (χ1n) is 10.3. The third-order valence-electron chi connectivity index (χ3n) is 5.41. The molecule has 5 rings (SSSR count). The summed E-state index contributed by atoms with van der Waals surface area (Å²) in [6.45, 7) is 1.30. The van der Waals surface area contributed by atoms with Gasteiger partial charge in [0.2, 0.25) is 4.96 Å². The van der Waals surface area contributed by atoms with Gasteiger partial charge < -0.3 is 14.8 Å². The number of hydrogen-bond acceptors (Lipinski definition) is 8. The number of fused-ring (bicyclic) bond motifs is 1. The maximum Gasteiger partial charge on any atom is 0.293 e. The van der Waals surface area contributed by atoms with Gasteiger partial charge in [0.1, 0.15) is 16.4 Å². The molecule has 2 aromatic carbocycles. The van der Waals surface area contributed by atoms with E-state index in [1.54, 1.807) is 23.8 Å². The third-order valence-corrected chi connectivity index (χ3v) is 6.39. The van der Waals surface area contributed by atoms with Gasteiger partial charge in [0.15, 0.2) is 0 Å². The van der Waals surface area contributed by atoms with Crippen molar-refractivity contribution in [2.45, 2.75) is 18.9 Å². The minimum absolute atomic E-state index is 0.0206. The van der Waals surface area contributed by atoms with Crippen LogP contribution in [-0.2, 0) is 4.74 Å². The highest BCUT2D eigenvalue weighted by Crippen LogP contribution is 2.34. The standard InChI is InChI=1S/C22H21N5O4S/c1-30-16-7-4-14(5-8-16)19-13-26-22(24-19)32-21(25-26)15-6-9-18(20(11-15)27(28)29)23-12-17-3-2-10-31-17/h4-9,11,13,17,23H,2-3,10,12H2,1H3. The number of anilines is 1. The summed E-state index contributed by atoms with van der Waals surface area (Å²) >= 11 is 1.39. The normalized spacial score (nSPS) is 15.8. The molecule has 4 aromatic rings. The van der Waals surface area contributed by atoms with Crippen LogP contribution in [0.25, 0.3) is 26.8 Å². The van der Waals surface area contributed by atoms with Gasteiger partial charge in [-0.05, 0) is 49.2 Å². The van der Waals surface area contributed by atoms with Crippen molar-refractivity contribution in [2.75, 3.05) is 25.6 Å². The largest absolute Gasteiger partial charge is 0.497 e. The van der Waals surface area contributed by atoms with Gasteiger partial charge >= 0.3 is 0 Å². The average Bonchev–Trinajstić information content (AvgIpc) is 3.54. The number of nitrogens with one attached hydrogen (secondary N) is 1. The van der Waals surface area contributed by atoms with Crippen LogP contribution in [0.15, 0.2) is 48.7 Å². The summed E-state index contributed by atoms with van der Waals surface area (Å²) in [6.07, 6.45) is 3.94. The molecule has 1 saturated heterocycles. The molecule has 0 amide bonds. The SMILES string of the molecule is COc1ccc(-c2cn3nc(-c4ccc(NCC5CCCO5)c([N+](=O)[O-])c4)sc3n2)cc1. The fourth-order valence-corrected chi connectivity index (χ4v) is 4.59. The number of rotatable bonds is 7. The molecule has 1 aliphatic heterocycles. The van der Waals surface area contributed by atoms with Crippen molar-refractivity contribution in [1.29, 1.82) is 0 Å². The van der Waals surface area contributed by atoms with Crippen molar-refractivity contribution in [3.8, 4) is 27.6 Å². The third kappa shape index (κ3) is 4.02. The van der Waals surface area contributed by atoms with E-state index < -0.39 is 0 Å².